The van der Waals surface area contributed by atoms with Gasteiger partial charge in [0.2, 0.25) is 5.91 Å². The van der Waals surface area contributed by atoms with Crippen molar-refractivity contribution >= 4 is 17.6 Å². The zero-order chi connectivity index (χ0) is 13.5. The monoisotopic (exact) mass is 251 g/mol. The Balaban J connectivity index is 2.49. The number of hydrogen-bond acceptors (Lipinski definition) is 3. The predicted molar refractivity (Wildman–Crippen MR) is 67.8 cm³/mol. The van der Waals surface area contributed by atoms with E-state index in [1.54, 1.807) is 19.2 Å². The number of hydrogen-bond donors (Lipinski definition) is 2. The van der Waals surface area contributed by atoms with E-state index in [0.717, 1.165) is 11.3 Å². The average Bonchev–Trinajstić information content (AvgIpc) is 2.28. The van der Waals surface area contributed by atoms with E-state index >= 15 is 0 Å². The summed E-state index contributed by atoms with van der Waals surface area (Å²) >= 11 is 0. The van der Waals surface area contributed by atoms with Gasteiger partial charge in [0.05, 0.1) is 7.11 Å². The minimum Gasteiger partial charge on any atom is -0.496 e. The number of carbonyl (C=O) groups is 2. The van der Waals surface area contributed by atoms with Crippen molar-refractivity contribution in [3.05, 3.63) is 23.8 Å². The molecule has 1 aromatic rings. The van der Waals surface area contributed by atoms with E-state index in [-0.39, 0.29) is 18.7 Å². The summed E-state index contributed by atoms with van der Waals surface area (Å²) in [4.78, 5) is 21.8. The van der Waals surface area contributed by atoms with Crippen molar-refractivity contribution in [1.29, 1.82) is 0 Å². The Labute approximate surface area is 106 Å². The molecule has 0 aliphatic rings. The predicted octanol–water partition coefficient (Wildman–Crippen LogP) is 2.20. The summed E-state index contributed by atoms with van der Waals surface area (Å²) in [5.74, 6) is -0.303. The minimum absolute atomic E-state index is 0.00899. The maximum Gasteiger partial charge on any atom is 0.303 e. The number of rotatable bonds is 6. The topological polar surface area (TPSA) is 75.6 Å². The van der Waals surface area contributed by atoms with Gasteiger partial charge in [-0.25, -0.2) is 0 Å². The first-order chi connectivity index (χ1) is 8.52. The Bertz CT molecular complexity index is 443. The molecule has 0 aliphatic heterocycles. The van der Waals surface area contributed by atoms with Crippen LogP contribution in [0.3, 0.4) is 0 Å². The molecule has 0 aromatic heterocycles. The fourth-order valence-electron chi connectivity index (χ4n) is 1.58. The fourth-order valence-corrected chi connectivity index (χ4v) is 1.58. The zero-order valence-corrected chi connectivity index (χ0v) is 10.5. The number of aliphatic carboxylic acids is 1. The Kier molecular flexibility index (Phi) is 5.17. The first kappa shape index (κ1) is 14.0. The SMILES string of the molecule is COc1ccc(NC(=O)CCCC(=O)O)cc1C. The van der Waals surface area contributed by atoms with Gasteiger partial charge in [0.1, 0.15) is 5.75 Å². The van der Waals surface area contributed by atoms with Gasteiger partial charge in [-0.1, -0.05) is 0 Å². The third-order valence-electron chi connectivity index (χ3n) is 2.47. The highest BCUT2D eigenvalue weighted by Crippen LogP contribution is 2.21. The Morgan fingerprint density at radius 1 is 1.33 bits per heavy atom. The third kappa shape index (κ3) is 4.45. The lowest BCUT2D eigenvalue weighted by atomic mass is 10.2. The highest BCUT2D eigenvalue weighted by molar-refractivity contribution is 5.91. The van der Waals surface area contributed by atoms with Crippen LogP contribution in [0.25, 0.3) is 0 Å². The van der Waals surface area contributed by atoms with Crippen molar-refractivity contribution in [2.75, 3.05) is 12.4 Å². The lowest BCUT2D eigenvalue weighted by Gasteiger charge is -2.08. The Morgan fingerprint density at radius 3 is 2.61 bits per heavy atom. The highest BCUT2D eigenvalue weighted by Gasteiger charge is 2.06. The molecule has 2 N–H and O–H groups in total. The van der Waals surface area contributed by atoms with Gasteiger partial charge >= 0.3 is 5.97 Å². The number of anilines is 1. The number of carbonyl (C=O) groups excluding carboxylic acids is 1. The summed E-state index contributed by atoms with van der Waals surface area (Å²) in [6, 6.07) is 5.34. The number of nitrogens with one attached hydrogen (secondary N) is 1. The second-order valence-electron chi connectivity index (χ2n) is 3.98. The molecule has 18 heavy (non-hydrogen) atoms. The summed E-state index contributed by atoms with van der Waals surface area (Å²) in [6.07, 6.45) is 0.558. The number of amides is 1. The normalized spacial score (nSPS) is 9.89. The van der Waals surface area contributed by atoms with Crippen LogP contribution in [0.2, 0.25) is 0 Å². The summed E-state index contributed by atoms with van der Waals surface area (Å²) < 4.78 is 5.12. The molecule has 0 fully saturated rings. The Morgan fingerprint density at radius 2 is 2.06 bits per heavy atom. The summed E-state index contributed by atoms with van der Waals surface area (Å²) in [7, 11) is 1.59. The molecule has 5 nitrogen and oxygen atoms in total. The maximum atomic E-state index is 11.5. The maximum absolute atomic E-state index is 11.5. The van der Waals surface area contributed by atoms with E-state index < -0.39 is 5.97 Å². The molecular weight excluding hydrogens is 234 g/mol. The van der Waals surface area contributed by atoms with Crippen LogP contribution in [0.15, 0.2) is 18.2 Å². The Hall–Kier alpha value is -2.04. The molecule has 1 aromatic carbocycles. The highest BCUT2D eigenvalue weighted by atomic mass is 16.5. The molecule has 0 atom stereocenters. The lowest BCUT2D eigenvalue weighted by Crippen LogP contribution is -2.12. The first-order valence-electron chi connectivity index (χ1n) is 5.69. The molecular formula is C13H17NO4. The molecule has 1 amide bonds. The molecule has 1 rings (SSSR count). The van der Waals surface area contributed by atoms with Gasteiger partial charge in [-0.05, 0) is 37.1 Å². The van der Waals surface area contributed by atoms with Crippen LogP contribution >= 0.6 is 0 Å². The first-order valence-corrected chi connectivity index (χ1v) is 5.69. The second kappa shape index (κ2) is 6.64. The molecule has 5 heteroatoms. The van der Waals surface area contributed by atoms with E-state index in [1.165, 1.54) is 0 Å². The number of methoxy groups -OCH3 is 1. The van der Waals surface area contributed by atoms with Crippen LogP contribution in [-0.4, -0.2) is 24.1 Å². The lowest BCUT2D eigenvalue weighted by molar-refractivity contribution is -0.137. The van der Waals surface area contributed by atoms with Crippen LogP contribution in [0, 0.1) is 6.92 Å². The van der Waals surface area contributed by atoms with Crippen molar-refractivity contribution in [2.24, 2.45) is 0 Å². The van der Waals surface area contributed by atoms with Crippen molar-refractivity contribution in [2.45, 2.75) is 26.2 Å². The van der Waals surface area contributed by atoms with Crippen molar-refractivity contribution < 1.29 is 19.4 Å². The van der Waals surface area contributed by atoms with E-state index in [1.807, 2.05) is 13.0 Å². The molecule has 0 aliphatic carbocycles. The average molecular weight is 251 g/mol. The van der Waals surface area contributed by atoms with Gasteiger partial charge in [-0.3, -0.25) is 9.59 Å². The standard InChI is InChI=1S/C13H17NO4/c1-9-8-10(6-7-11(9)18-2)14-12(15)4-3-5-13(16)17/h6-8H,3-5H2,1-2H3,(H,14,15)(H,16,17). The van der Waals surface area contributed by atoms with Crippen LogP contribution in [0.5, 0.6) is 5.75 Å². The fraction of sp³-hybridized carbons (Fsp3) is 0.385. The van der Waals surface area contributed by atoms with Crippen molar-refractivity contribution in [3.63, 3.8) is 0 Å². The van der Waals surface area contributed by atoms with Gasteiger partial charge in [0.25, 0.3) is 0 Å². The molecule has 0 spiro atoms. The molecule has 0 radical (unpaired) electrons. The molecule has 0 saturated heterocycles. The molecule has 0 unspecified atom stereocenters. The minimum atomic E-state index is -0.886. The molecule has 0 bridgehead atoms. The number of ether oxygens (including phenoxy) is 1. The van der Waals surface area contributed by atoms with E-state index in [4.69, 9.17) is 9.84 Å². The van der Waals surface area contributed by atoms with Gasteiger partial charge in [0.15, 0.2) is 0 Å². The number of carboxylic acids is 1. The van der Waals surface area contributed by atoms with E-state index in [0.29, 0.717) is 12.1 Å². The van der Waals surface area contributed by atoms with Crippen LogP contribution in [0.1, 0.15) is 24.8 Å². The molecule has 0 heterocycles. The quantitative estimate of drug-likeness (QED) is 0.812. The van der Waals surface area contributed by atoms with Crippen LogP contribution in [-0.2, 0) is 9.59 Å². The van der Waals surface area contributed by atoms with Gasteiger partial charge in [-0.15, -0.1) is 0 Å². The summed E-state index contributed by atoms with van der Waals surface area (Å²) in [5, 5.41) is 11.2. The summed E-state index contributed by atoms with van der Waals surface area (Å²) in [5.41, 5.74) is 1.62. The largest absolute Gasteiger partial charge is 0.496 e. The number of benzene rings is 1. The van der Waals surface area contributed by atoms with Crippen molar-refractivity contribution in [1.82, 2.24) is 0 Å². The molecule has 0 saturated carbocycles. The second-order valence-corrected chi connectivity index (χ2v) is 3.98. The van der Waals surface area contributed by atoms with Gasteiger partial charge in [-0.2, -0.15) is 0 Å². The third-order valence-corrected chi connectivity index (χ3v) is 2.47. The van der Waals surface area contributed by atoms with E-state index in [9.17, 15) is 9.59 Å². The van der Waals surface area contributed by atoms with Crippen molar-refractivity contribution in [3.8, 4) is 5.75 Å². The zero-order valence-electron chi connectivity index (χ0n) is 10.5. The molecule has 98 valence electrons. The number of aryl methyl sites for hydroxylation is 1. The van der Waals surface area contributed by atoms with Crippen LogP contribution in [0.4, 0.5) is 5.69 Å². The summed E-state index contributed by atoms with van der Waals surface area (Å²) in [6.45, 7) is 1.89. The van der Waals surface area contributed by atoms with Gasteiger partial charge in [0, 0.05) is 18.5 Å². The smallest absolute Gasteiger partial charge is 0.303 e. The van der Waals surface area contributed by atoms with E-state index in [2.05, 4.69) is 5.32 Å². The number of carboxylic acid groups (broad SMARTS) is 1. The van der Waals surface area contributed by atoms with Crippen LogP contribution < -0.4 is 10.1 Å². The van der Waals surface area contributed by atoms with Gasteiger partial charge < -0.3 is 15.2 Å².